The maximum Gasteiger partial charge on any atom is 0.272 e. The Balaban J connectivity index is 1.37. The Labute approximate surface area is 249 Å². The van der Waals surface area contributed by atoms with Crippen molar-refractivity contribution in [1.29, 1.82) is 0 Å². The first-order valence-electron chi connectivity index (χ1n) is 17.2. The van der Waals surface area contributed by atoms with Gasteiger partial charge in [-0.1, -0.05) is 83.1 Å². The maximum absolute atomic E-state index is 13.0. The van der Waals surface area contributed by atoms with Crippen LogP contribution < -0.4 is 4.74 Å². The van der Waals surface area contributed by atoms with Crippen molar-refractivity contribution in [2.24, 2.45) is 17.8 Å². The maximum atomic E-state index is 13.0. The van der Waals surface area contributed by atoms with Gasteiger partial charge in [-0.3, -0.25) is 4.55 Å². The van der Waals surface area contributed by atoms with E-state index in [1.54, 1.807) is 0 Å². The zero-order valence-electron chi connectivity index (χ0n) is 25.1. The van der Waals surface area contributed by atoms with Gasteiger partial charge in [0.15, 0.2) is 0 Å². The summed E-state index contributed by atoms with van der Waals surface area (Å²) in [5.74, 6) is 3.21. The molecule has 4 nitrogen and oxygen atoms in total. The van der Waals surface area contributed by atoms with E-state index in [9.17, 15) is 13.0 Å². The minimum absolute atomic E-state index is 0.209. The molecular weight excluding hydrogens is 528 g/mol. The highest BCUT2D eigenvalue weighted by atomic mass is 32.2. The van der Waals surface area contributed by atoms with Crippen molar-refractivity contribution in [2.45, 2.75) is 146 Å². The lowest BCUT2D eigenvalue weighted by atomic mass is 9.71. The molecule has 1 aromatic carbocycles. The van der Waals surface area contributed by atoms with Gasteiger partial charge in [0.2, 0.25) is 0 Å². The average Bonchev–Trinajstić information content (AvgIpc) is 3.02. The second-order valence-corrected chi connectivity index (χ2v) is 15.6. The molecule has 4 saturated carbocycles. The van der Waals surface area contributed by atoms with Crippen molar-refractivity contribution < 1.29 is 17.7 Å². The van der Waals surface area contributed by atoms with E-state index in [2.05, 4.69) is 24.3 Å². The van der Waals surface area contributed by atoms with Crippen LogP contribution in [0.5, 0.6) is 5.75 Å². The second kappa shape index (κ2) is 13.4. The van der Waals surface area contributed by atoms with E-state index < -0.39 is 15.4 Å². The van der Waals surface area contributed by atoms with Crippen LogP contribution in [0.15, 0.2) is 41.7 Å². The fraction of sp³-hybridized carbons (Fsp3) is 0.722. The van der Waals surface area contributed by atoms with Crippen molar-refractivity contribution >= 4 is 10.1 Å². The lowest BCUT2D eigenvalue weighted by Crippen LogP contribution is -2.40. The smallest absolute Gasteiger partial charge is 0.272 e. The zero-order chi connectivity index (χ0) is 28.2. The third kappa shape index (κ3) is 7.15. The monoisotopic (exact) mass is 580 g/mol. The molecule has 6 rings (SSSR count). The van der Waals surface area contributed by atoms with E-state index in [4.69, 9.17) is 4.74 Å². The molecule has 0 heterocycles. The van der Waals surface area contributed by atoms with Crippen LogP contribution in [-0.2, 0) is 10.1 Å². The minimum Gasteiger partial charge on any atom is -0.458 e. The van der Waals surface area contributed by atoms with Crippen molar-refractivity contribution in [3.8, 4) is 5.75 Å². The standard InChI is InChI=1S/C36H52O4S/c37-41(38,39)36-34(28-17-9-3-10-18-28)24-33(25-35(36)29-19-11-4-12-20-29)40-32-22-30(26-13-5-1-6-14-26)21-31(23-32)27-15-7-2-8-16-27/h21-29,34,36H,1-20H2,(H,37,38,39). The Morgan fingerprint density at radius 2 is 1.07 bits per heavy atom. The fourth-order valence-corrected chi connectivity index (χ4v) is 10.4. The van der Waals surface area contributed by atoms with Crippen LogP contribution >= 0.6 is 0 Å². The van der Waals surface area contributed by atoms with Crippen LogP contribution in [0.25, 0.3) is 0 Å². The van der Waals surface area contributed by atoms with E-state index in [1.165, 1.54) is 88.2 Å². The van der Waals surface area contributed by atoms with E-state index in [-0.39, 0.29) is 17.8 Å². The van der Waals surface area contributed by atoms with Crippen LogP contribution in [-0.4, -0.2) is 18.2 Å². The molecule has 0 bridgehead atoms. The van der Waals surface area contributed by atoms with Gasteiger partial charge in [0.25, 0.3) is 10.1 Å². The molecule has 1 aromatic rings. The number of hydrogen-bond acceptors (Lipinski definition) is 3. The van der Waals surface area contributed by atoms with Crippen LogP contribution in [0.1, 0.15) is 151 Å². The molecule has 2 unspecified atom stereocenters. The first-order valence-corrected chi connectivity index (χ1v) is 18.7. The summed E-state index contributed by atoms with van der Waals surface area (Å²) >= 11 is 0. The van der Waals surface area contributed by atoms with Crippen LogP contribution in [0.2, 0.25) is 0 Å². The number of hydrogen-bond donors (Lipinski definition) is 1. The highest BCUT2D eigenvalue weighted by molar-refractivity contribution is 7.86. The highest BCUT2D eigenvalue weighted by Crippen LogP contribution is 2.46. The van der Waals surface area contributed by atoms with Crippen LogP contribution in [0, 0.1) is 17.8 Å². The van der Waals surface area contributed by atoms with Gasteiger partial charge in [-0.15, -0.1) is 0 Å². The van der Waals surface area contributed by atoms with Gasteiger partial charge in [-0.2, -0.15) is 8.42 Å². The number of benzene rings is 1. The summed E-state index contributed by atoms with van der Waals surface area (Å²) < 4.78 is 43.6. The third-order valence-electron chi connectivity index (χ3n) is 11.3. The Hall–Kier alpha value is -1.59. The quantitative estimate of drug-likeness (QED) is 0.326. The van der Waals surface area contributed by atoms with E-state index in [0.717, 1.165) is 68.4 Å². The summed E-state index contributed by atoms with van der Waals surface area (Å²) in [5, 5.41) is -0.826. The van der Waals surface area contributed by atoms with Crippen LogP contribution in [0.3, 0.4) is 0 Å². The van der Waals surface area contributed by atoms with Crippen molar-refractivity contribution in [3.63, 3.8) is 0 Å². The molecule has 226 valence electrons. The van der Waals surface area contributed by atoms with Gasteiger partial charge in [-0.05, 0) is 116 Å². The fourth-order valence-electron chi connectivity index (χ4n) is 9.10. The van der Waals surface area contributed by atoms with Gasteiger partial charge < -0.3 is 4.74 Å². The molecule has 5 aliphatic carbocycles. The summed E-state index contributed by atoms with van der Waals surface area (Å²) in [6.07, 6.45) is 28.2. The average molecular weight is 581 g/mol. The number of rotatable bonds is 7. The van der Waals surface area contributed by atoms with Crippen molar-refractivity contribution in [3.05, 3.63) is 52.8 Å². The van der Waals surface area contributed by atoms with E-state index >= 15 is 0 Å². The molecule has 0 aliphatic heterocycles. The predicted octanol–water partition coefficient (Wildman–Crippen LogP) is 10.0. The summed E-state index contributed by atoms with van der Waals surface area (Å²) in [6, 6.07) is 7.08. The lowest BCUT2D eigenvalue weighted by Gasteiger charge is -2.39. The van der Waals surface area contributed by atoms with Gasteiger partial charge in [-0.25, -0.2) is 0 Å². The van der Waals surface area contributed by atoms with Gasteiger partial charge >= 0.3 is 0 Å². The molecule has 2 atom stereocenters. The minimum atomic E-state index is -4.23. The molecule has 0 radical (unpaired) electrons. The highest BCUT2D eigenvalue weighted by Gasteiger charge is 2.44. The molecule has 5 heteroatoms. The normalized spacial score (nSPS) is 28.2. The van der Waals surface area contributed by atoms with Crippen molar-refractivity contribution in [1.82, 2.24) is 0 Å². The molecule has 0 saturated heterocycles. The molecule has 5 aliphatic rings. The summed E-state index contributed by atoms with van der Waals surface area (Å²) in [6.45, 7) is 0. The summed E-state index contributed by atoms with van der Waals surface area (Å²) in [7, 11) is -4.23. The number of ether oxygens (including phenoxy) is 1. The van der Waals surface area contributed by atoms with E-state index in [1.807, 2.05) is 6.08 Å². The van der Waals surface area contributed by atoms with Crippen molar-refractivity contribution in [2.75, 3.05) is 0 Å². The first-order chi connectivity index (χ1) is 20.0. The van der Waals surface area contributed by atoms with Gasteiger partial charge in [0, 0.05) is 5.92 Å². The van der Waals surface area contributed by atoms with E-state index in [0.29, 0.717) is 11.8 Å². The second-order valence-electron chi connectivity index (χ2n) is 14.1. The lowest BCUT2D eigenvalue weighted by molar-refractivity contribution is 0.261. The van der Waals surface area contributed by atoms with Gasteiger partial charge in [0.05, 0.1) is 0 Å². The molecule has 41 heavy (non-hydrogen) atoms. The first kappa shape index (κ1) is 29.5. The SMILES string of the molecule is O=S(=O)(O)C1C(C2CCCCC2)=CC(Oc2cc(C3CCCCC3)cc(C3CCCCC3)c2)=CC1C1CCCCC1. The summed E-state index contributed by atoms with van der Waals surface area (Å²) in [5.41, 5.74) is 3.79. The third-order valence-corrected chi connectivity index (χ3v) is 12.5. The molecule has 0 aromatic heterocycles. The Kier molecular flexibility index (Phi) is 9.61. The zero-order valence-corrected chi connectivity index (χ0v) is 25.9. The predicted molar refractivity (Wildman–Crippen MR) is 167 cm³/mol. The Morgan fingerprint density at radius 3 is 1.56 bits per heavy atom. The Morgan fingerprint density at radius 1 is 0.610 bits per heavy atom. The number of allylic oxidation sites excluding steroid dienone is 2. The molecule has 0 spiro atoms. The molecule has 0 amide bonds. The molecule has 4 fully saturated rings. The largest absolute Gasteiger partial charge is 0.458 e. The topological polar surface area (TPSA) is 63.6 Å². The molecule has 1 N–H and O–H groups in total. The van der Waals surface area contributed by atoms with Gasteiger partial charge in [0.1, 0.15) is 16.8 Å². The van der Waals surface area contributed by atoms with Crippen LogP contribution in [0.4, 0.5) is 0 Å². The summed E-state index contributed by atoms with van der Waals surface area (Å²) in [4.78, 5) is 0. The Bertz CT molecular complexity index is 1150. The molecular formula is C36H52O4S.